The van der Waals surface area contributed by atoms with Crippen molar-refractivity contribution >= 4 is 11.6 Å². The largest absolute Gasteiger partial charge is 0.311 e. The highest BCUT2D eigenvalue weighted by molar-refractivity contribution is 6.01. The van der Waals surface area contributed by atoms with Crippen molar-refractivity contribution in [3.63, 3.8) is 0 Å². The van der Waals surface area contributed by atoms with E-state index in [1.165, 1.54) is 6.07 Å². The highest BCUT2D eigenvalue weighted by Gasteiger charge is 2.52. The first-order chi connectivity index (χ1) is 8.75. The molecule has 1 aromatic carbocycles. The van der Waals surface area contributed by atoms with E-state index >= 15 is 0 Å². The van der Waals surface area contributed by atoms with Gasteiger partial charge < -0.3 is 10.2 Å². The van der Waals surface area contributed by atoms with E-state index in [9.17, 15) is 9.18 Å². The van der Waals surface area contributed by atoms with Gasteiger partial charge in [-0.2, -0.15) is 0 Å². The lowest BCUT2D eigenvalue weighted by atomic mass is 9.88. The summed E-state index contributed by atoms with van der Waals surface area (Å²) >= 11 is 0. The number of benzene rings is 1. The molecule has 3 nitrogen and oxygen atoms in total. The molecule has 0 saturated carbocycles. The number of nitrogens with zero attached hydrogens (tertiary/aromatic N) is 1. The number of fused-ring (bicyclic) bond motifs is 5. The fourth-order valence-electron chi connectivity index (χ4n) is 3.79. The number of nitrogens with one attached hydrogen (secondary N) is 1. The zero-order valence-corrected chi connectivity index (χ0v) is 10.0. The molecule has 2 fully saturated rings. The third-order valence-electron chi connectivity index (χ3n) is 4.54. The number of anilines is 1. The summed E-state index contributed by atoms with van der Waals surface area (Å²) in [7, 11) is 0. The van der Waals surface area contributed by atoms with Crippen molar-refractivity contribution in [2.24, 2.45) is 5.92 Å². The van der Waals surface area contributed by atoms with Crippen molar-refractivity contribution in [2.45, 2.75) is 31.3 Å². The average molecular weight is 246 g/mol. The molecule has 3 aliphatic rings. The average Bonchev–Trinajstić information content (AvgIpc) is 2.87. The predicted molar refractivity (Wildman–Crippen MR) is 65.9 cm³/mol. The van der Waals surface area contributed by atoms with E-state index in [2.05, 4.69) is 5.32 Å². The third-order valence-corrected chi connectivity index (χ3v) is 4.54. The molecule has 18 heavy (non-hydrogen) atoms. The fourth-order valence-corrected chi connectivity index (χ4v) is 3.79. The lowest BCUT2D eigenvalue weighted by molar-refractivity contribution is -0.121. The van der Waals surface area contributed by atoms with Gasteiger partial charge in [-0.1, -0.05) is 0 Å². The molecule has 3 unspecified atom stereocenters. The number of hydrogen-bond acceptors (Lipinski definition) is 2. The van der Waals surface area contributed by atoms with E-state index in [4.69, 9.17) is 0 Å². The first kappa shape index (κ1) is 10.5. The van der Waals surface area contributed by atoms with Crippen LogP contribution in [0.4, 0.5) is 10.1 Å². The Bertz CT molecular complexity index is 531. The van der Waals surface area contributed by atoms with E-state index in [1.54, 1.807) is 12.1 Å². The van der Waals surface area contributed by atoms with Crippen molar-refractivity contribution in [1.82, 2.24) is 5.32 Å². The zero-order valence-electron chi connectivity index (χ0n) is 10.0. The van der Waals surface area contributed by atoms with Crippen molar-refractivity contribution in [3.8, 4) is 0 Å². The van der Waals surface area contributed by atoms with Crippen LogP contribution in [-0.2, 0) is 11.2 Å². The number of piperidine rings is 1. The van der Waals surface area contributed by atoms with Crippen LogP contribution in [0.25, 0.3) is 0 Å². The number of carbonyl (C=O) groups excluding carboxylic acids is 1. The highest BCUT2D eigenvalue weighted by Crippen LogP contribution is 2.43. The third kappa shape index (κ3) is 1.24. The van der Waals surface area contributed by atoms with Gasteiger partial charge in [0.15, 0.2) is 0 Å². The molecule has 1 amide bonds. The fraction of sp³-hybridized carbons (Fsp3) is 0.500. The summed E-state index contributed by atoms with van der Waals surface area (Å²) in [5.41, 5.74) is 1.89. The van der Waals surface area contributed by atoms with E-state index in [1.807, 2.05) is 4.90 Å². The Labute approximate surface area is 105 Å². The summed E-state index contributed by atoms with van der Waals surface area (Å²) < 4.78 is 13.2. The van der Waals surface area contributed by atoms with Gasteiger partial charge in [0.25, 0.3) is 0 Å². The molecule has 94 valence electrons. The van der Waals surface area contributed by atoms with Crippen LogP contribution >= 0.6 is 0 Å². The quantitative estimate of drug-likeness (QED) is 0.751. The van der Waals surface area contributed by atoms with Crippen molar-refractivity contribution in [3.05, 3.63) is 29.6 Å². The Morgan fingerprint density at radius 1 is 1.39 bits per heavy atom. The van der Waals surface area contributed by atoms with Gasteiger partial charge in [-0.15, -0.1) is 0 Å². The molecule has 0 spiro atoms. The maximum absolute atomic E-state index is 13.2. The summed E-state index contributed by atoms with van der Waals surface area (Å²) in [6.07, 6.45) is 2.84. The Hall–Kier alpha value is -1.42. The second-order valence-electron chi connectivity index (χ2n) is 5.48. The van der Waals surface area contributed by atoms with Crippen LogP contribution in [0, 0.1) is 11.7 Å². The smallest absolute Gasteiger partial charge is 0.232 e. The summed E-state index contributed by atoms with van der Waals surface area (Å²) in [4.78, 5) is 14.4. The lowest BCUT2D eigenvalue weighted by Crippen LogP contribution is -2.46. The number of halogens is 1. The molecule has 0 aliphatic carbocycles. The molecule has 3 heterocycles. The Balaban J connectivity index is 1.78. The number of carbonyl (C=O) groups is 1. The van der Waals surface area contributed by atoms with Crippen LogP contribution in [0.2, 0.25) is 0 Å². The number of hydrogen-bond donors (Lipinski definition) is 1. The number of amides is 1. The van der Waals surface area contributed by atoms with Gasteiger partial charge in [-0.3, -0.25) is 4.79 Å². The molecule has 0 radical (unpaired) electrons. The highest BCUT2D eigenvalue weighted by atomic mass is 19.1. The molecule has 1 N–H and O–H groups in total. The second-order valence-corrected chi connectivity index (χ2v) is 5.48. The van der Waals surface area contributed by atoms with Crippen LogP contribution in [-0.4, -0.2) is 24.5 Å². The van der Waals surface area contributed by atoms with Gasteiger partial charge in [0.1, 0.15) is 5.82 Å². The molecule has 4 rings (SSSR count). The molecule has 0 bridgehead atoms. The minimum absolute atomic E-state index is 0.127. The van der Waals surface area contributed by atoms with E-state index in [-0.39, 0.29) is 29.7 Å². The SMILES string of the molecule is O=C1C2CCCNC2C2Cc3cc(F)ccc3N12. The standard InChI is InChI=1S/C14H15FN2O/c15-9-3-4-11-8(6-9)7-12-13-10(2-1-5-16-13)14(18)17(11)12/h3-4,6,10,12-13,16H,1-2,5,7H2. The van der Waals surface area contributed by atoms with Gasteiger partial charge in [-0.05, 0) is 49.6 Å². The van der Waals surface area contributed by atoms with Crippen LogP contribution in [0.1, 0.15) is 18.4 Å². The van der Waals surface area contributed by atoms with Crippen molar-refractivity contribution in [1.29, 1.82) is 0 Å². The van der Waals surface area contributed by atoms with Crippen LogP contribution in [0.3, 0.4) is 0 Å². The van der Waals surface area contributed by atoms with Crippen LogP contribution in [0.15, 0.2) is 18.2 Å². The molecular formula is C14H15FN2O. The molecule has 2 saturated heterocycles. The van der Waals surface area contributed by atoms with E-state index in [0.717, 1.165) is 37.1 Å². The van der Waals surface area contributed by atoms with E-state index < -0.39 is 0 Å². The summed E-state index contributed by atoms with van der Waals surface area (Å²) in [5.74, 6) is 0.139. The van der Waals surface area contributed by atoms with Crippen LogP contribution < -0.4 is 10.2 Å². The summed E-state index contributed by atoms with van der Waals surface area (Å²) in [5, 5.41) is 3.48. The molecule has 0 aromatic heterocycles. The summed E-state index contributed by atoms with van der Waals surface area (Å²) in [6, 6.07) is 5.21. The van der Waals surface area contributed by atoms with Crippen molar-refractivity contribution in [2.75, 3.05) is 11.4 Å². The Kier molecular flexibility index (Phi) is 2.07. The number of rotatable bonds is 0. The van der Waals surface area contributed by atoms with Gasteiger partial charge >= 0.3 is 0 Å². The molecule has 3 aliphatic heterocycles. The Morgan fingerprint density at radius 2 is 2.28 bits per heavy atom. The maximum atomic E-state index is 13.2. The predicted octanol–water partition coefficient (Wildman–Crippen LogP) is 1.47. The van der Waals surface area contributed by atoms with Crippen LogP contribution in [0.5, 0.6) is 0 Å². The van der Waals surface area contributed by atoms with Gasteiger partial charge in [-0.25, -0.2) is 4.39 Å². The van der Waals surface area contributed by atoms with Gasteiger partial charge in [0, 0.05) is 11.7 Å². The lowest BCUT2D eigenvalue weighted by Gasteiger charge is -2.27. The second kappa shape index (κ2) is 3.54. The molecular weight excluding hydrogens is 231 g/mol. The topological polar surface area (TPSA) is 32.3 Å². The summed E-state index contributed by atoms with van der Waals surface area (Å²) in [6.45, 7) is 0.990. The van der Waals surface area contributed by atoms with Crippen molar-refractivity contribution < 1.29 is 9.18 Å². The molecule has 4 heteroatoms. The Morgan fingerprint density at radius 3 is 3.17 bits per heavy atom. The van der Waals surface area contributed by atoms with Gasteiger partial charge in [0.2, 0.25) is 5.91 Å². The zero-order chi connectivity index (χ0) is 12.3. The first-order valence-corrected chi connectivity index (χ1v) is 6.60. The van der Waals surface area contributed by atoms with Gasteiger partial charge in [0.05, 0.1) is 12.0 Å². The van der Waals surface area contributed by atoms with E-state index in [0.29, 0.717) is 0 Å². The maximum Gasteiger partial charge on any atom is 0.232 e. The molecule has 1 aromatic rings. The normalized spacial score (nSPS) is 33.3. The first-order valence-electron chi connectivity index (χ1n) is 6.60. The molecule has 3 atom stereocenters. The monoisotopic (exact) mass is 246 g/mol. The minimum Gasteiger partial charge on any atom is -0.311 e. The minimum atomic E-state index is -0.212.